The molecule has 0 bridgehead atoms. The average molecular weight is 486 g/mol. The minimum Gasteiger partial charge on any atom is -0.284 e. The number of amides is 2. The normalized spacial score (nSPS) is 11.0. The molecule has 9 nitrogen and oxygen atoms in total. The highest BCUT2D eigenvalue weighted by Crippen LogP contribution is 2.20. The topological polar surface area (TPSA) is 130 Å². The summed E-state index contributed by atoms with van der Waals surface area (Å²) in [6.45, 7) is 3.85. The Kier molecular flexibility index (Phi) is 7.67. The van der Waals surface area contributed by atoms with Gasteiger partial charge in [0, 0.05) is 34.0 Å². The maximum Gasteiger partial charge on any atom is 0.269 e. The lowest BCUT2D eigenvalue weighted by Crippen LogP contribution is -2.41. The minimum atomic E-state index is -3.47. The Balaban J connectivity index is 1.54. The highest BCUT2D eigenvalue weighted by molar-refractivity contribution is 7.98. The molecule has 0 spiro atoms. The molecule has 1 heterocycles. The van der Waals surface area contributed by atoms with E-state index in [2.05, 4.69) is 25.5 Å². The molecule has 2 aromatic carbocycles. The number of benzene rings is 2. The fourth-order valence-corrected chi connectivity index (χ4v) is 4.31. The molecule has 0 unspecified atom stereocenters. The molecule has 172 valence electrons. The second-order valence-corrected chi connectivity index (χ2v) is 9.97. The number of hydrogen-bond acceptors (Lipinski definition) is 7. The lowest BCUT2D eigenvalue weighted by molar-refractivity contribution is 0.0846. The van der Waals surface area contributed by atoms with E-state index in [-0.39, 0.29) is 11.3 Å². The van der Waals surface area contributed by atoms with E-state index < -0.39 is 21.8 Å². The summed E-state index contributed by atoms with van der Waals surface area (Å²) < 4.78 is 25.0. The van der Waals surface area contributed by atoms with Gasteiger partial charge in [-0.25, -0.2) is 18.4 Å². The SMILES string of the molecule is Cc1cc(C)nc(SCc2ccc(C(=O)NNC(=O)c3cccc(NS(C)(=O)=O)c3)cc2)n1. The fraction of sp³-hybridized carbons (Fsp3) is 0.182. The first kappa shape index (κ1) is 24.2. The Morgan fingerprint density at radius 2 is 1.48 bits per heavy atom. The molecule has 0 saturated carbocycles. The van der Waals surface area contributed by atoms with E-state index in [9.17, 15) is 18.0 Å². The van der Waals surface area contributed by atoms with Gasteiger partial charge in [-0.3, -0.25) is 25.2 Å². The number of hydrogen-bond donors (Lipinski definition) is 3. The van der Waals surface area contributed by atoms with Gasteiger partial charge in [-0.1, -0.05) is 30.0 Å². The Labute approximate surface area is 196 Å². The number of thioether (sulfide) groups is 1. The van der Waals surface area contributed by atoms with Gasteiger partial charge in [-0.15, -0.1) is 0 Å². The molecule has 3 rings (SSSR count). The van der Waals surface area contributed by atoms with E-state index in [0.29, 0.717) is 16.5 Å². The lowest BCUT2D eigenvalue weighted by atomic mass is 10.1. The Hall–Kier alpha value is -3.44. The number of rotatable bonds is 7. The summed E-state index contributed by atoms with van der Waals surface area (Å²) >= 11 is 1.51. The first-order valence-electron chi connectivity index (χ1n) is 9.81. The van der Waals surface area contributed by atoms with Crippen LogP contribution in [0.3, 0.4) is 0 Å². The standard InChI is InChI=1S/C22H23N5O4S2/c1-14-11-15(2)24-22(23-14)32-13-16-7-9-17(10-8-16)20(28)25-26-21(29)18-5-4-6-19(12-18)27-33(3,30)31/h4-12,27H,13H2,1-3H3,(H,25,28)(H,26,29). The smallest absolute Gasteiger partial charge is 0.269 e. The van der Waals surface area contributed by atoms with E-state index in [1.54, 1.807) is 12.1 Å². The van der Waals surface area contributed by atoms with Crippen LogP contribution >= 0.6 is 11.8 Å². The predicted octanol–water partition coefficient (Wildman–Crippen LogP) is 2.83. The molecule has 0 saturated heterocycles. The number of sulfonamides is 1. The molecule has 0 radical (unpaired) electrons. The van der Waals surface area contributed by atoms with Gasteiger partial charge >= 0.3 is 0 Å². The largest absolute Gasteiger partial charge is 0.284 e. The van der Waals surface area contributed by atoms with Crippen molar-refractivity contribution in [3.63, 3.8) is 0 Å². The monoisotopic (exact) mass is 485 g/mol. The molecular weight excluding hydrogens is 462 g/mol. The molecule has 3 N–H and O–H groups in total. The third-order valence-corrected chi connectivity index (χ3v) is 5.79. The number of nitrogens with one attached hydrogen (secondary N) is 3. The average Bonchev–Trinajstić information content (AvgIpc) is 2.74. The first-order valence-corrected chi connectivity index (χ1v) is 12.7. The molecule has 0 aliphatic heterocycles. The maximum atomic E-state index is 12.4. The van der Waals surface area contributed by atoms with Gasteiger partial charge in [-0.05, 0) is 55.8 Å². The van der Waals surface area contributed by atoms with Crippen LogP contribution in [0.4, 0.5) is 5.69 Å². The van der Waals surface area contributed by atoms with Gasteiger partial charge in [0.1, 0.15) is 0 Å². The summed E-state index contributed by atoms with van der Waals surface area (Å²) in [6, 6.07) is 14.8. The molecule has 0 aliphatic rings. The van der Waals surface area contributed by atoms with Gasteiger partial charge in [0.25, 0.3) is 11.8 Å². The van der Waals surface area contributed by atoms with Crippen LogP contribution in [-0.2, 0) is 15.8 Å². The summed E-state index contributed by atoms with van der Waals surface area (Å²) in [5, 5.41) is 0.702. The van der Waals surface area contributed by atoms with Crippen molar-refractivity contribution in [2.45, 2.75) is 24.8 Å². The summed E-state index contributed by atoms with van der Waals surface area (Å²) in [7, 11) is -3.47. The Morgan fingerprint density at radius 1 is 0.879 bits per heavy atom. The molecule has 3 aromatic rings. The third kappa shape index (κ3) is 7.58. The Bertz CT molecular complexity index is 1260. The fourth-order valence-electron chi connectivity index (χ4n) is 2.85. The van der Waals surface area contributed by atoms with E-state index in [0.717, 1.165) is 23.2 Å². The molecule has 0 aliphatic carbocycles. The molecule has 33 heavy (non-hydrogen) atoms. The highest BCUT2D eigenvalue weighted by Gasteiger charge is 2.11. The van der Waals surface area contributed by atoms with Crippen LogP contribution in [0.15, 0.2) is 59.8 Å². The van der Waals surface area contributed by atoms with E-state index in [1.165, 1.54) is 36.0 Å². The van der Waals surface area contributed by atoms with Gasteiger partial charge in [0.15, 0.2) is 5.16 Å². The van der Waals surface area contributed by atoms with Crippen LogP contribution in [0, 0.1) is 13.8 Å². The quantitative estimate of drug-likeness (QED) is 0.266. The van der Waals surface area contributed by atoms with Crippen molar-refractivity contribution in [1.82, 2.24) is 20.8 Å². The number of aryl methyl sites for hydroxylation is 2. The van der Waals surface area contributed by atoms with Crippen LogP contribution < -0.4 is 15.6 Å². The third-order valence-electron chi connectivity index (χ3n) is 4.26. The zero-order valence-corrected chi connectivity index (χ0v) is 19.9. The van der Waals surface area contributed by atoms with Crippen molar-refractivity contribution in [1.29, 1.82) is 0 Å². The number of nitrogens with zero attached hydrogens (tertiary/aromatic N) is 2. The number of hydrazine groups is 1. The molecule has 2 amide bonds. The summed E-state index contributed by atoms with van der Waals surface area (Å²) in [6.07, 6.45) is 1.02. The second-order valence-electron chi connectivity index (χ2n) is 7.28. The number of carbonyl (C=O) groups is 2. The summed E-state index contributed by atoms with van der Waals surface area (Å²) in [5.41, 5.74) is 8.31. The molecular formula is C22H23N5O4S2. The van der Waals surface area contributed by atoms with Gasteiger partial charge in [0.05, 0.1) is 6.26 Å². The van der Waals surface area contributed by atoms with Crippen LogP contribution in [0.2, 0.25) is 0 Å². The summed E-state index contributed by atoms with van der Waals surface area (Å²) in [5.74, 6) is -0.410. The van der Waals surface area contributed by atoms with Gasteiger partial charge in [-0.2, -0.15) is 0 Å². The van der Waals surface area contributed by atoms with Crippen LogP contribution in [-0.4, -0.2) is 36.5 Å². The van der Waals surface area contributed by atoms with Gasteiger partial charge in [0.2, 0.25) is 10.0 Å². The summed E-state index contributed by atoms with van der Waals surface area (Å²) in [4.78, 5) is 33.5. The first-order chi connectivity index (χ1) is 15.6. The van der Waals surface area contributed by atoms with Crippen LogP contribution in [0.1, 0.15) is 37.7 Å². The minimum absolute atomic E-state index is 0.185. The lowest BCUT2D eigenvalue weighted by Gasteiger charge is -2.09. The zero-order chi connectivity index (χ0) is 24.0. The number of anilines is 1. The number of aromatic nitrogens is 2. The molecule has 0 fully saturated rings. The maximum absolute atomic E-state index is 12.4. The molecule has 0 atom stereocenters. The van der Waals surface area contributed by atoms with Crippen molar-refractivity contribution in [3.05, 3.63) is 82.7 Å². The van der Waals surface area contributed by atoms with Crippen molar-refractivity contribution >= 4 is 39.3 Å². The number of carbonyl (C=O) groups excluding carboxylic acids is 2. The van der Waals surface area contributed by atoms with Crippen LogP contribution in [0.25, 0.3) is 0 Å². The van der Waals surface area contributed by atoms with Crippen molar-refractivity contribution in [2.24, 2.45) is 0 Å². The van der Waals surface area contributed by atoms with Crippen molar-refractivity contribution < 1.29 is 18.0 Å². The second kappa shape index (κ2) is 10.5. The van der Waals surface area contributed by atoms with Crippen molar-refractivity contribution in [2.75, 3.05) is 11.0 Å². The van der Waals surface area contributed by atoms with Crippen LogP contribution in [0.5, 0.6) is 0 Å². The Morgan fingerprint density at radius 3 is 2.09 bits per heavy atom. The van der Waals surface area contributed by atoms with E-state index >= 15 is 0 Å². The predicted molar refractivity (Wildman–Crippen MR) is 127 cm³/mol. The molecule has 11 heteroatoms. The van der Waals surface area contributed by atoms with E-state index in [4.69, 9.17) is 0 Å². The van der Waals surface area contributed by atoms with E-state index in [1.807, 2.05) is 32.0 Å². The highest BCUT2D eigenvalue weighted by atomic mass is 32.2. The zero-order valence-electron chi connectivity index (χ0n) is 18.2. The van der Waals surface area contributed by atoms with Gasteiger partial charge < -0.3 is 0 Å². The molecule has 1 aromatic heterocycles. The van der Waals surface area contributed by atoms with Crippen molar-refractivity contribution in [3.8, 4) is 0 Å².